The van der Waals surface area contributed by atoms with E-state index in [-0.39, 0.29) is 0 Å². The molecule has 15 N–H and O–H groups in total. The van der Waals surface area contributed by atoms with Crippen LogP contribution in [-0.4, -0.2) is 226 Å². The zero-order valence-electron chi connectivity index (χ0n) is 23.7. The SMILES string of the molecule is OC[C@H](O)[C@H](O)[C@H](O[C@H]1O[C@H](CO)[C@@H](O[C@H]2O[C@H](CO)[C@@H](O[C@H]3O[C@H](CO)[C@@H](O)[C@H](O)[C@H]3O)[C@H](O)[C@H]2O)[C@H](O)[C@H]1O)[C@@H](O)CO. The normalized spacial score (nSPS) is 45.5. The van der Waals surface area contributed by atoms with Gasteiger partial charge in [0.25, 0.3) is 0 Å². The van der Waals surface area contributed by atoms with Crippen molar-refractivity contribution in [3.8, 4) is 0 Å². The van der Waals surface area contributed by atoms with Crippen molar-refractivity contribution >= 4 is 0 Å². The summed E-state index contributed by atoms with van der Waals surface area (Å²) in [6.45, 7) is -4.63. The Morgan fingerprint density at radius 1 is 0.467 bits per heavy atom. The van der Waals surface area contributed by atoms with E-state index in [0.717, 1.165) is 0 Å². The van der Waals surface area contributed by atoms with E-state index < -0.39 is 150 Å². The van der Waals surface area contributed by atoms with Crippen molar-refractivity contribution < 1.29 is 105 Å². The molecule has 19 atom stereocenters. The lowest BCUT2D eigenvalue weighted by Crippen LogP contribution is -2.67. The minimum absolute atomic E-state index is 0.792. The molecular weight excluding hydrogens is 624 g/mol. The van der Waals surface area contributed by atoms with Crippen molar-refractivity contribution in [1.29, 1.82) is 0 Å². The van der Waals surface area contributed by atoms with Gasteiger partial charge in [-0.1, -0.05) is 0 Å². The number of rotatable bonds is 14. The van der Waals surface area contributed by atoms with Gasteiger partial charge in [-0.3, -0.25) is 0 Å². The van der Waals surface area contributed by atoms with E-state index >= 15 is 0 Å². The Kier molecular flexibility index (Phi) is 14.6. The van der Waals surface area contributed by atoms with Gasteiger partial charge >= 0.3 is 0 Å². The molecule has 3 fully saturated rings. The third-order valence-electron chi connectivity index (χ3n) is 7.85. The van der Waals surface area contributed by atoms with Crippen molar-refractivity contribution in [2.24, 2.45) is 0 Å². The maximum Gasteiger partial charge on any atom is 0.187 e. The van der Waals surface area contributed by atoms with Crippen molar-refractivity contribution in [2.75, 3.05) is 33.0 Å². The Balaban J connectivity index is 1.72. The van der Waals surface area contributed by atoms with Gasteiger partial charge in [0.1, 0.15) is 97.7 Å². The van der Waals surface area contributed by atoms with Gasteiger partial charge in [0, 0.05) is 0 Å². The molecule has 21 heteroatoms. The molecule has 3 heterocycles. The van der Waals surface area contributed by atoms with Crippen LogP contribution in [0.3, 0.4) is 0 Å². The summed E-state index contributed by atoms with van der Waals surface area (Å²) < 4.78 is 32.4. The maximum atomic E-state index is 10.8. The lowest BCUT2D eigenvalue weighted by atomic mass is 9.96. The molecule has 21 nitrogen and oxygen atoms in total. The highest BCUT2D eigenvalue weighted by atomic mass is 16.8. The number of aliphatic hydroxyl groups is 15. The number of hydrogen-bond acceptors (Lipinski definition) is 21. The lowest BCUT2D eigenvalue weighted by molar-refractivity contribution is -0.383. The lowest BCUT2D eigenvalue weighted by Gasteiger charge is -2.48. The second-order valence-corrected chi connectivity index (χ2v) is 10.9. The molecule has 0 aromatic heterocycles. The van der Waals surface area contributed by atoms with E-state index in [1.807, 2.05) is 0 Å². The molecule has 0 saturated carbocycles. The predicted octanol–water partition coefficient (Wildman–Crippen LogP) is -10.1. The third-order valence-corrected chi connectivity index (χ3v) is 7.85. The predicted molar refractivity (Wildman–Crippen MR) is 136 cm³/mol. The standard InChI is InChI=1S/C24H44O21/c25-1-6(30)11(32)19(7(31)2-26)43-23-17(38)14(35)21(9(4-28)41-23)45-24-18(39)15(36)20(10(5-29)42-24)44-22-16(37)13(34)12(33)8(3-27)40-22/h6-39H,1-5H2/t6-,7-,8+,9+,10+,11-,12+,13-,14+,15+,16+,17+,18+,19+,20+,21+,22+,23+,24+/m0/s1. The molecule has 0 aromatic carbocycles. The van der Waals surface area contributed by atoms with E-state index in [1.54, 1.807) is 0 Å². The minimum atomic E-state index is -2.08. The molecule has 0 amide bonds. The Morgan fingerprint density at radius 3 is 1.31 bits per heavy atom. The van der Waals surface area contributed by atoms with Crippen molar-refractivity contribution in [3.63, 3.8) is 0 Å². The van der Waals surface area contributed by atoms with Crippen LogP contribution in [0.15, 0.2) is 0 Å². The Labute approximate surface area is 255 Å². The quantitative estimate of drug-likeness (QED) is 0.0816. The maximum absolute atomic E-state index is 10.8. The smallest absolute Gasteiger partial charge is 0.187 e. The summed E-state index contributed by atoms with van der Waals surface area (Å²) in [6.07, 6.45) is -34.8. The molecule has 0 unspecified atom stereocenters. The van der Waals surface area contributed by atoms with Gasteiger partial charge in [-0.25, -0.2) is 0 Å². The highest BCUT2D eigenvalue weighted by Crippen LogP contribution is 2.33. The summed E-state index contributed by atoms with van der Waals surface area (Å²) in [5.74, 6) is 0. The van der Waals surface area contributed by atoms with Gasteiger partial charge in [0.05, 0.1) is 33.0 Å². The third kappa shape index (κ3) is 8.43. The van der Waals surface area contributed by atoms with Crippen LogP contribution < -0.4 is 0 Å². The minimum Gasteiger partial charge on any atom is -0.394 e. The second kappa shape index (κ2) is 17.0. The summed E-state index contributed by atoms with van der Waals surface area (Å²) in [7, 11) is 0. The Bertz CT molecular complexity index is 867. The molecule has 45 heavy (non-hydrogen) atoms. The molecule has 0 bridgehead atoms. The van der Waals surface area contributed by atoms with Gasteiger partial charge in [-0.15, -0.1) is 0 Å². The molecule has 3 rings (SSSR count). The first-order chi connectivity index (χ1) is 21.2. The molecule has 0 aliphatic carbocycles. The van der Waals surface area contributed by atoms with E-state index in [2.05, 4.69) is 0 Å². The summed E-state index contributed by atoms with van der Waals surface area (Å²) in [6, 6.07) is 0. The average molecular weight is 669 g/mol. The van der Waals surface area contributed by atoms with Gasteiger partial charge in [0.2, 0.25) is 0 Å². The van der Waals surface area contributed by atoms with Crippen LogP contribution >= 0.6 is 0 Å². The Hall–Kier alpha value is -0.840. The van der Waals surface area contributed by atoms with Crippen LogP contribution in [-0.2, 0) is 28.4 Å². The number of aliphatic hydroxyl groups excluding tert-OH is 15. The Morgan fingerprint density at radius 2 is 0.867 bits per heavy atom. The van der Waals surface area contributed by atoms with Crippen molar-refractivity contribution in [3.05, 3.63) is 0 Å². The van der Waals surface area contributed by atoms with E-state index in [4.69, 9.17) is 33.5 Å². The highest BCUT2D eigenvalue weighted by Gasteiger charge is 2.54. The summed E-state index contributed by atoms with van der Waals surface area (Å²) >= 11 is 0. The first-order valence-electron chi connectivity index (χ1n) is 14.0. The first kappa shape index (κ1) is 38.6. The van der Waals surface area contributed by atoms with Crippen LogP contribution in [0, 0.1) is 0 Å². The molecule has 3 aliphatic rings. The molecule has 0 aromatic rings. The van der Waals surface area contributed by atoms with Crippen LogP contribution in [0.1, 0.15) is 0 Å². The van der Waals surface area contributed by atoms with E-state index in [0.29, 0.717) is 0 Å². The monoisotopic (exact) mass is 668 g/mol. The zero-order chi connectivity index (χ0) is 33.7. The van der Waals surface area contributed by atoms with Gasteiger partial charge in [-0.2, -0.15) is 0 Å². The molecule has 0 radical (unpaired) electrons. The summed E-state index contributed by atoms with van der Waals surface area (Å²) in [5, 5.41) is 151. The number of ether oxygens (including phenoxy) is 6. The molecule has 266 valence electrons. The topological polar surface area (TPSA) is 359 Å². The largest absolute Gasteiger partial charge is 0.394 e. The van der Waals surface area contributed by atoms with Gasteiger partial charge < -0.3 is 105 Å². The van der Waals surface area contributed by atoms with Gasteiger partial charge in [-0.05, 0) is 0 Å². The van der Waals surface area contributed by atoms with Crippen LogP contribution in [0.5, 0.6) is 0 Å². The van der Waals surface area contributed by atoms with Gasteiger partial charge in [0.15, 0.2) is 18.9 Å². The number of hydrogen-bond donors (Lipinski definition) is 15. The van der Waals surface area contributed by atoms with Crippen LogP contribution in [0.2, 0.25) is 0 Å². The van der Waals surface area contributed by atoms with E-state index in [9.17, 15) is 71.5 Å². The highest BCUT2D eigenvalue weighted by molar-refractivity contribution is 4.97. The summed E-state index contributed by atoms with van der Waals surface area (Å²) in [4.78, 5) is 0. The molecule has 0 spiro atoms. The second-order valence-electron chi connectivity index (χ2n) is 10.9. The molecule has 3 saturated heterocycles. The fourth-order valence-electron chi connectivity index (χ4n) is 5.14. The van der Waals surface area contributed by atoms with E-state index in [1.165, 1.54) is 0 Å². The van der Waals surface area contributed by atoms with Crippen LogP contribution in [0.4, 0.5) is 0 Å². The molecular formula is C24H44O21. The van der Waals surface area contributed by atoms with Crippen molar-refractivity contribution in [1.82, 2.24) is 0 Å². The zero-order valence-corrected chi connectivity index (χ0v) is 23.7. The van der Waals surface area contributed by atoms with Crippen LogP contribution in [0.25, 0.3) is 0 Å². The molecule has 3 aliphatic heterocycles. The fraction of sp³-hybridized carbons (Fsp3) is 1.00. The van der Waals surface area contributed by atoms with Crippen molar-refractivity contribution in [2.45, 2.75) is 117 Å². The first-order valence-corrected chi connectivity index (χ1v) is 14.0. The average Bonchev–Trinajstić information content (AvgIpc) is 3.04. The summed E-state index contributed by atoms with van der Waals surface area (Å²) in [5.41, 5.74) is 0. The fourth-order valence-corrected chi connectivity index (χ4v) is 5.14.